The number of aliphatic hydroxyl groups is 3. The van der Waals surface area contributed by atoms with Gasteiger partial charge in [-0.1, -0.05) is 259 Å². The van der Waals surface area contributed by atoms with Gasteiger partial charge >= 0.3 is 0 Å². The van der Waals surface area contributed by atoms with Crippen LogP contribution in [0.4, 0.5) is 0 Å². The lowest BCUT2D eigenvalue weighted by Crippen LogP contribution is -2.55. The highest BCUT2D eigenvalue weighted by Crippen LogP contribution is 2.78. The molecule has 1 unspecified atom stereocenters. The van der Waals surface area contributed by atoms with Gasteiger partial charge in [0.05, 0.1) is 18.3 Å². The first-order valence-electron chi connectivity index (χ1n) is 52.7. The number of ketones is 1. The molecule has 4 heteroatoms. The minimum absolute atomic E-state index is 0.0465. The molecule has 9 fully saturated rings. The largest absolute Gasteiger partial charge is 0.393 e. The zero-order chi connectivity index (χ0) is 88.6. The van der Waals surface area contributed by atoms with Crippen LogP contribution >= 0.6 is 0 Å². The predicted octanol–water partition coefficient (Wildman–Crippen LogP) is 33.0. The number of carbonyl (C=O) groups is 1. The van der Waals surface area contributed by atoms with Crippen molar-refractivity contribution >= 4 is 5.78 Å². The van der Waals surface area contributed by atoms with Gasteiger partial charge in [-0.3, -0.25) is 4.79 Å². The van der Waals surface area contributed by atoms with Crippen LogP contribution in [0.1, 0.15) is 464 Å². The van der Waals surface area contributed by atoms with Crippen molar-refractivity contribution in [1.82, 2.24) is 0 Å². The van der Waals surface area contributed by atoms with E-state index in [9.17, 15) is 20.1 Å². The third-order valence-corrected chi connectivity index (χ3v) is 45.1. The van der Waals surface area contributed by atoms with Gasteiger partial charge in [-0.2, -0.15) is 0 Å². The van der Waals surface area contributed by atoms with Gasteiger partial charge in [0.2, 0.25) is 0 Å². The maximum atomic E-state index is 12.1. The molecule has 0 radical (unpaired) electrons. The van der Waals surface area contributed by atoms with Gasteiger partial charge in [-0.05, 0) is 437 Å². The van der Waals surface area contributed by atoms with E-state index in [0.717, 1.165) is 110 Å². The van der Waals surface area contributed by atoms with E-state index in [2.05, 4.69) is 225 Å². The molecule has 0 aromatic carbocycles. The van der Waals surface area contributed by atoms with Gasteiger partial charge in [0, 0.05) is 12.8 Å². The summed E-state index contributed by atoms with van der Waals surface area (Å²) >= 11 is 0. The quantitative estimate of drug-likeness (QED) is 0.127. The van der Waals surface area contributed by atoms with Crippen LogP contribution in [0.25, 0.3) is 0 Å². The van der Waals surface area contributed by atoms with E-state index in [4.69, 9.17) is 0 Å². The second kappa shape index (κ2) is 35.1. The third-order valence-electron chi connectivity index (χ3n) is 45.1. The number of carbonyl (C=O) groups excluding carboxylic acids is 1. The zero-order valence-electron chi connectivity index (χ0n) is 84.9. The Bertz CT molecular complexity index is 3620. The second-order valence-electron chi connectivity index (χ2n) is 52.7. The van der Waals surface area contributed by atoms with E-state index < -0.39 is 0 Å². The summed E-state index contributed by atoms with van der Waals surface area (Å²) < 4.78 is 0. The highest BCUT2D eigenvalue weighted by Gasteiger charge is 2.68. The molecule has 0 aromatic rings. The van der Waals surface area contributed by atoms with Crippen LogP contribution in [-0.4, -0.2) is 39.4 Å². The maximum absolute atomic E-state index is 12.1. The fourth-order valence-electron chi connectivity index (χ4n) is 36.9. The first kappa shape index (κ1) is 96.3. The van der Waals surface area contributed by atoms with Crippen molar-refractivity contribution in [3.8, 4) is 0 Å². The maximum Gasteiger partial charge on any atom is 0.136 e. The molecule has 0 amide bonds. The number of Topliss-reactive ketones (excluding diaryl/α,β-unsaturated/α-hetero) is 1. The molecule has 0 saturated heterocycles. The SMILES string of the molecule is CC(C)=CCC[C@@H](C)[C@H]1CC[C@@]2(C)C3=C(CC[C@]12C)[C@@]1(C)CCC(O)C(C)(C)[C@@H]1CC3.CC(C)=CCC[C@@H](C)[C@H]1CC[C@@]2(C)C3=C(CC[C@]12C)[C@@]1(C)CC[C@H](O)C(C)(C)[C@@H]1CC3.CC(C)=CCC[C@@H](C)[C@H]1CC[C@@]2(C)C3=C(CC[C@]12C)[C@@]1(C)CC[C@H](O)C(C)(C)[C@@H]1CC3.CC(C)CCC[C@@H](C)[C@H]1CC[C@H]2[C@@H]3CC=C4CC(=O)CC[C@]4(C)[C@H]3CC[C@]12C. The van der Waals surface area contributed by atoms with Crippen molar-refractivity contribution in [3.63, 3.8) is 0 Å². The second-order valence-corrected chi connectivity index (χ2v) is 52.7. The van der Waals surface area contributed by atoms with Crippen molar-refractivity contribution in [2.75, 3.05) is 0 Å². The van der Waals surface area contributed by atoms with E-state index in [1.54, 1.807) is 0 Å². The molecule has 0 spiro atoms. The number of hydrogen-bond acceptors (Lipinski definition) is 4. The Hall–Kier alpha value is -2.27. The standard InChI is InChI=1S/3C30H50O.C27H44O/c3*1-20(2)10-9-11-21(3)22-14-18-30(8)24-12-13-25-27(4,5)26(31)16-17-28(25,6)23(24)15-19-29(22,30)7;1-18(2)7-6-8-19(3)23-11-12-24-22-10-9-20-17-21(28)13-15-26(20,4)25(22)14-16-27(23,24)5/h3*10,21-22,25-26,31H,9,11-19H2,1-8H3;9,18-19,22-25H,6-8,10-17H2,1-5H3/t21-,22-,25+,26?,28-,29-,30+;2*21-,22-,25+,26+,28-,29-,30+;19-,22+,23-,24+,25+,26+,27-/m1111/s1. The number of hydrogen-bond donors (Lipinski definition) is 3. The van der Waals surface area contributed by atoms with Gasteiger partial charge in [0.15, 0.2) is 0 Å². The Morgan fingerprint density at radius 1 is 0.355 bits per heavy atom. The molecule has 28 atom stereocenters. The highest BCUT2D eigenvalue weighted by atomic mass is 16.3. The molecule has 0 bridgehead atoms. The lowest BCUT2D eigenvalue weighted by molar-refractivity contribution is -0.122. The van der Waals surface area contributed by atoms with Gasteiger partial charge in [0.1, 0.15) is 5.78 Å². The molecular formula is C117H194O4. The van der Waals surface area contributed by atoms with Crippen LogP contribution in [0.3, 0.4) is 0 Å². The minimum Gasteiger partial charge on any atom is -0.393 e. The minimum atomic E-state index is -0.130. The summed E-state index contributed by atoms with van der Waals surface area (Å²) in [5.74, 6) is 12.8. The molecule has 121 heavy (non-hydrogen) atoms. The number of allylic oxidation sites excluding steroid dienone is 14. The fraction of sp³-hybridized carbons (Fsp3) is 0.872. The summed E-state index contributed by atoms with van der Waals surface area (Å²) in [6.07, 6.45) is 62.0. The number of rotatable bonds is 17. The van der Waals surface area contributed by atoms with Crippen molar-refractivity contribution in [1.29, 1.82) is 0 Å². The summed E-state index contributed by atoms with van der Waals surface area (Å²) in [5, 5.41) is 32.4. The summed E-state index contributed by atoms with van der Waals surface area (Å²) in [7, 11) is 0. The van der Waals surface area contributed by atoms with Gasteiger partial charge < -0.3 is 15.3 Å². The first-order chi connectivity index (χ1) is 56.4. The van der Waals surface area contributed by atoms with Crippen molar-refractivity contribution < 1.29 is 20.1 Å². The summed E-state index contributed by atoms with van der Waals surface area (Å²) in [5.41, 5.74) is 21.7. The third kappa shape index (κ3) is 16.2. The Labute approximate surface area is 748 Å². The van der Waals surface area contributed by atoms with Crippen LogP contribution in [0.2, 0.25) is 0 Å². The molecule has 16 aliphatic carbocycles. The van der Waals surface area contributed by atoms with Crippen molar-refractivity contribution in [3.05, 3.63) is 80.0 Å². The number of aliphatic hydroxyl groups excluding tert-OH is 3. The topological polar surface area (TPSA) is 77.8 Å². The van der Waals surface area contributed by atoms with Crippen LogP contribution in [0.5, 0.6) is 0 Å². The zero-order valence-corrected chi connectivity index (χ0v) is 84.9. The van der Waals surface area contributed by atoms with Gasteiger partial charge in [-0.25, -0.2) is 0 Å². The molecule has 0 aromatic heterocycles. The average molecular weight is 1660 g/mol. The van der Waals surface area contributed by atoms with E-state index in [0.29, 0.717) is 83.1 Å². The van der Waals surface area contributed by atoms with Crippen molar-refractivity contribution in [2.45, 2.75) is 482 Å². The summed E-state index contributed by atoms with van der Waals surface area (Å²) in [6.45, 7) is 71.4. The normalized spacial score (nSPS) is 44.7. The Morgan fingerprint density at radius 3 is 1.06 bits per heavy atom. The molecule has 16 rings (SSSR count). The highest BCUT2D eigenvalue weighted by molar-refractivity contribution is 5.82. The fourth-order valence-corrected chi connectivity index (χ4v) is 36.9. The van der Waals surface area contributed by atoms with Crippen LogP contribution in [0, 0.1) is 165 Å². The summed E-state index contributed by atoms with van der Waals surface area (Å²) in [6, 6.07) is 0. The number of fused-ring (bicyclic) bond motifs is 17. The van der Waals surface area contributed by atoms with Crippen LogP contribution in [0.15, 0.2) is 80.0 Å². The molecule has 0 heterocycles. The Kier molecular flexibility index (Phi) is 27.9. The predicted molar refractivity (Wildman–Crippen MR) is 517 cm³/mol. The van der Waals surface area contributed by atoms with E-state index in [1.165, 1.54) is 247 Å². The summed E-state index contributed by atoms with van der Waals surface area (Å²) in [4.78, 5) is 12.1. The van der Waals surface area contributed by atoms with Crippen LogP contribution in [-0.2, 0) is 4.79 Å². The van der Waals surface area contributed by atoms with Gasteiger partial charge in [0.25, 0.3) is 0 Å². The Morgan fingerprint density at radius 2 is 0.711 bits per heavy atom. The van der Waals surface area contributed by atoms with Gasteiger partial charge in [-0.15, -0.1) is 0 Å². The molecule has 9 saturated carbocycles. The molecule has 0 aliphatic heterocycles. The van der Waals surface area contributed by atoms with E-state index in [-0.39, 0.29) is 34.6 Å². The molecule has 3 N–H and O–H groups in total. The molecule has 16 aliphatic rings. The molecule has 4 nitrogen and oxygen atoms in total. The molecule has 686 valence electrons. The average Bonchev–Trinajstić information content (AvgIpc) is 1.63. The Balaban J connectivity index is 0.000000139. The van der Waals surface area contributed by atoms with Crippen LogP contribution < -0.4 is 0 Å². The van der Waals surface area contributed by atoms with E-state index >= 15 is 0 Å². The van der Waals surface area contributed by atoms with Crippen molar-refractivity contribution in [2.24, 2.45) is 165 Å². The lowest BCUT2D eigenvalue weighted by Gasteiger charge is -2.62. The molecular weight excluding hydrogens is 1470 g/mol. The van der Waals surface area contributed by atoms with E-state index in [1.807, 2.05) is 33.4 Å². The monoisotopic (exact) mass is 1660 g/mol. The first-order valence-corrected chi connectivity index (χ1v) is 52.7. The lowest BCUT2D eigenvalue weighted by atomic mass is 9.43. The smallest absolute Gasteiger partial charge is 0.136 e.